The highest BCUT2D eigenvalue weighted by molar-refractivity contribution is 6.15. The first-order chi connectivity index (χ1) is 22.8. The first-order valence-electron chi connectivity index (χ1n) is 15.5. The largest absolute Gasteiger partial charge is 0.450 e. The molecule has 10 aromatic rings. The van der Waals surface area contributed by atoms with Crippen LogP contribution in [0.3, 0.4) is 0 Å². The summed E-state index contributed by atoms with van der Waals surface area (Å²) in [7, 11) is 0. The highest BCUT2D eigenvalue weighted by Crippen LogP contribution is 2.40. The monoisotopic (exact) mass is 587 g/mol. The number of fused-ring (bicyclic) bond motifs is 8. The van der Waals surface area contributed by atoms with E-state index in [0.29, 0.717) is 11.4 Å². The number of rotatable bonds is 3. The van der Waals surface area contributed by atoms with Gasteiger partial charge in [0.25, 0.3) is 0 Å². The fraction of sp³-hybridized carbons (Fsp3) is 0. The Kier molecular flexibility index (Phi) is 5.25. The quantitative estimate of drug-likeness (QED) is 0.207. The van der Waals surface area contributed by atoms with Gasteiger partial charge in [0, 0.05) is 21.7 Å². The fourth-order valence-corrected chi connectivity index (χ4v) is 6.95. The topological polar surface area (TPSA) is 43.9 Å². The highest BCUT2D eigenvalue weighted by atomic mass is 16.3. The van der Waals surface area contributed by atoms with Crippen molar-refractivity contribution < 1.29 is 4.42 Å². The maximum Gasteiger partial charge on any atom is 0.197 e. The average molecular weight is 588 g/mol. The molecular formula is C42H25N3O. The summed E-state index contributed by atoms with van der Waals surface area (Å²) in [5, 5.41) is 7.98. The van der Waals surface area contributed by atoms with E-state index in [1.54, 1.807) is 0 Å². The highest BCUT2D eigenvalue weighted by Gasteiger charge is 2.22. The Morgan fingerprint density at radius 1 is 0.435 bits per heavy atom. The van der Waals surface area contributed by atoms with Crippen molar-refractivity contribution in [2.24, 2.45) is 0 Å². The van der Waals surface area contributed by atoms with Crippen LogP contribution in [0.15, 0.2) is 156 Å². The van der Waals surface area contributed by atoms with Gasteiger partial charge < -0.3 is 4.42 Å². The molecule has 4 heteroatoms. The van der Waals surface area contributed by atoms with Crippen LogP contribution in [-0.4, -0.2) is 14.5 Å². The van der Waals surface area contributed by atoms with E-state index in [1.807, 2.05) is 6.07 Å². The molecule has 0 unspecified atom stereocenters. The van der Waals surface area contributed by atoms with Gasteiger partial charge in [-0.2, -0.15) is 0 Å². The Morgan fingerprint density at radius 3 is 1.87 bits per heavy atom. The van der Waals surface area contributed by atoms with E-state index >= 15 is 0 Å². The lowest BCUT2D eigenvalue weighted by Gasteiger charge is -2.11. The van der Waals surface area contributed by atoms with Crippen molar-refractivity contribution in [2.75, 3.05) is 0 Å². The first kappa shape index (κ1) is 25.1. The molecule has 0 saturated carbocycles. The molecule has 0 bridgehead atoms. The summed E-state index contributed by atoms with van der Waals surface area (Å²) < 4.78 is 9.00. The minimum absolute atomic E-state index is 0.655. The number of benzene rings is 7. The van der Waals surface area contributed by atoms with Crippen LogP contribution in [0.5, 0.6) is 0 Å². The number of para-hydroxylation sites is 1. The fourth-order valence-electron chi connectivity index (χ4n) is 6.95. The Bertz CT molecular complexity index is 2810. The third-order valence-corrected chi connectivity index (χ3v) is 9.14. The number of hydrogen-bond donors (Lipinski definition) is 0. The van der Waals surface area contributed by atoms with Crippen LogP contribution in [0, 0.1) is 0 Å². The molecule has 4 nitrogen and oxygen atoms in total. The Labute approximate surface area is 263 Å². The van der Waals surface area contributed by atoms with E-state index in [1.165, 1.54) is 21.5 Å². The normalized spacial score (nSPS) is 11.9. The van der Waals surface area contributed by atoms with Gasteiger partial charge in [0.05, 0.1) is 11.0 Å². The summed E-state index contributed by atoms with van der Waals surface area (Å²) in [5.74, 6) is 1.38. The molecule has 0 aliphatic rings. The Morgan fingerprint density at radius 2 is 1.07 bits per heavy atom. The molecule has 46 heavy (non-hydrogen) atoms. The van der Waals surface area contributed by atoms with Gasteiger partial charge in [-0.3, -0.25) is 4.57 Å². The van der Waals surface area contributed by atoms with E-state index in [9.17, 15) is 0 Å². The zero-order valence-corrected chi connectivity index (χ0v) is 24.7. The zero-order chi connectivity index (χ0) is 30.2. The van der Waals surface area contributed by atoms with Crippen molar-refractivity contribution in [3.8, 4) is 28.3 Å². The summed E-state index contributed by atoms with van der Waals surface area (Å²) >= 11 is 0. The minimum atomic E-state index is 0.655. The summed E-state index contributed by atoms with van der Waals surface area (Å²) in [5.41, 5.74) is 7.64. The number of nitrogens with zero attached hydrogens (tertiary/aromatic N) is 3. The van der Waals surface area contributed by atoms with Crippen molar-refractivity contribution in [3.63, 3.8) is 0 Å². The van der Waals surface area contributed by atoms with Crippen LogP contribution in [0.4, 0.5) is 0 Å². The van der Waals surface area contributed by atoms with E-state index in [-0.39, 0.29) is 0 Å². The van der Waals surface area contributed by atoms with Crippen LogP contribution in [0.2, 0.25) is 0 Å². The van der Waals surface area contributed by atoms with Gasteiger partial charge >= 0.3 is 0 Å². The average Bonchev–Trinajstić information content (AvgIpc) is 3.64. The van der Waals surface area contributed by atoms with Gasteiger partial charge in [-0.15, -0.1) is 0 Å². The number of aromatic nitrogens is 3. The van der Waals surface area contributed by atoms with Crippen molar-refractivity contribution in [2.45, 2.75) is 0 Å². The zero-order valence-electron chi connectivity index (χ0n) is 24.7. The molecule has 3 aromatic heterocycles. The molecule has 7 aromatic carbocycles. The molecule has 0 aliphatic carbocycles. The van der Waals surface area contributed by atoms with Crippen LogP contribution >= 0.6 is 0 Å². The van der Waals surface area contributed by atoms with Crippen molar-refractivity contribution in [1.82, 2.24) is 14.5 Å². The molecule has 3 heterocycles. The van der Waals surface area contributed by atoms with Gasteiger partial charge in [0.15, 0.2) is 17.2 Å². The van der Waals surface area contributed by atoms with E-state index in [4.69, 9.17) is 14.4 Å². The van der Waals surface area contributed by atoms with Gasteiger partial charge in [-0.25, -0.2) is 9.97 Å². The molecule has 214 valence electrons. The van der Waals surface area contributed by atoms with Gasteiger partial charge in [-0.1, -0.05) is 115 Å². The van der Waals surface area contributed by atoms with Crippen LogP contribution < -0.4 is 0 Å². The smallest absolute Gasteiger partial charge is 0.197 e. The van der Waals surface area contributed by atoms with Crippen LogP contribution in [-0.2, 0) is 0 Å². The lowest BCUT2D eigenvalue weighted by atomic mass is 10.0. The van der Waals surface area contributed by atoms with E-state index in [0.717, 1.165) is 60.8 Å². The molecular weight excluding hydrogens is 562 g/mol. The predicted octanol–water partition coefficient (Wildman–Crippen LogP) is 11.1. The molecule has 0 N–H and O–H groups in total. The maximum atomic E-state index is 6.74. The third kappa shape index (κ3) is 3.74. The lowest BCUT2D eigenvalue weighted by Crippen LogP contribution is -2.02. The molecule has 0 radical (unpaired) electrons. The molecule has 10 rings (SSSR count). The summed E-state index contributed by atoms with van der Waals surface area (Å²) in [4.78, 5) is 10.6. The molecule has 0 amide bonds. The minimum Gasteiger partial charge on any atom is -0.450 e. The molecule has 0 atom stereocenters. The summed E-state index contributed by atoms with van der Waals surface area (Å²) in [6.45, 7) is 0. The van der Waals surface area contributed by atoms with Crippen molar-refractivity contribution in [1.29, 1.82) is 0 Å². The van der Waals surface area contributed by atoms with Crippen molar-refractivity contribution in [3.05, 3.63) is 152 Å². The second-order valence-corrected chi connectivity index (χ2v) is 11.9. The molecule has 0 saturated heterocycles. The van der Waals surface area contributed by atoms with Crippen LogP contribution in [0.1, 0.15) is 0 Å². The SMILES string of the molecule is c1ccc(-c2cccc(-c3nc(-n4c5ccccc5c5cc6ccccc6cc54)c4oc5cc6ccccc6cc5c4n3)c2)cc1. The second-order valence-electron chi connectivity index (χ2n) is 11.9. The molecule has 0 spiro atoms. The second kappa shape index (κ2) is 9.62. The summed E-state index contributed by atoms with van der Waals surface area (Å²) in [6, 6.07) is 53.2. The molecule has 0 aliphatic heterocycles. The lowest BCUT2D eigenvalue weighted by molar-refractivity contribution is 0.663. The number of furan rings is 1. The maximum absolute atomic E-state index is 6.74. The van der Waals surface area contributed by atoms with Crippen molar-refractivity contribution >= 4 is 65.4 Å². The van der Waals surface area contributed by atoms with Crippen LogP contribution in [0.25, 0.3) is 93.8 Å². The summed E-state index contributed by atoms with van der Waals surface area (Å²) in [6.07, 6.45) is 0. The third-order valence-electron chi connectivity index (χ3n) is 9.14. The Balaban J connectivity index is 1.34. The first-order valence-corrected chi connectivity index (χ1v) is 15.5. The number of hydrogen-bond acceptors (Lipinski definition) is 3. The van der Waals surface area contributed by atoms with Gasteiger partial charge in [-0.05, 0) is 69.1 Å². The molecule has 0 fully saturated rings. The standard InChI is InChI=1S/C42H25N3O/c1-2-11-26(12-3-1)27-17-10-18-32(21-27)41-43-39-35-23-29-14-5-7-16-31(29)25-38(35)46-40(39)42(44-41)45-36-20-9-8-19-33(36)34-22-28-13-4-6-15-30(28)24-37(34)45/h1-25H. The predicted molar refractivity (Wildman–Crippen MR) is 190 cm³/mol. The van der Waals surface area contributed by atoms with Gasteiger partial charge in [0.2, 0.25) is 0 Å². The van der Waals surface area contributed by atoms with E-state index < -0.39 is 0 Å². The van der Waals surface area contributed by atoms with Gasteiger partial charge in [0.1, 0.15) is 11.1 Å². The van der Waals surface area contributed by atoms with E-state index in [2.05, 4.69) is 150 Å². The Hall–Kier alpha value is -6.26.